The number of aromatic nitrogens is 3. The molecular weight excluding hydrogens is 619 g/mol. The summed E-state index contributed by atoms with van der Waals surface area (Å²) in [6, 6.07) is 62.1. The fraction of sp³-hybridized carbons (Fsp3) is 0.0625. The molecule has 1 aliphatic rings. The van der Waals surface area contributed by atoms with Crippen molar-refractivity contribution in [3.8, 4) is 78.7 Å². The Balaban J connectivity index is 1.21. The van der Waals surface area contributed by atoms with Gasteiger partial charge in [-0.2, -0.15) is 0 Å². The zero-order valence-corrected chi connectivity index (χ0v) is 28.6. The molecule has 0 saturated carbocycles. The van der Waals surface area contributed by atoms with Gasteiger partial charge in [-0.25, -0.2) is 15.0 Å². The zero-order valence-electron chi connectivity index (χ0n) is 28.6. The van der Waals surface area contributed by atoms with E-state index in [4.69, 9.17) is 15.0 Å². The molecule has 0 aliphatic heterocycles. The van der Waals surface area contributed by atoms with Crippen LogP contribution in [0.2, 0.25) is 0 Å². The molecule has 1 heterocycles. The lowest BCUT2D eigenvalue weighted by Crippen LogP contribution is -2.14. The van der Waals surface area contributed by atoms with Gasteiger partial charge in [-0.3, -0.25) is 0 Å². The van der Waals surface area contributed by atoms with E-state index in [0.29, 0.717) is 17.5 Å². The van der Waals surface area contributed by atoms with Crippen LogP contribution in [0.5, 0.6) is 0 Å². The molecule has 242 valence electrons. The van der Waals surface area contributed by atoms with Gasteiger partial charge in [-0.1, -0.05) is 166 Å². The van der Waals surface area contributed by atoms with E-state index in [1.54, 1.807) is 0 Å². The minimum Gasteiger partial charge on any atom is -0.208 e. The average molecular weight is 654 g/mol. The third-order valence-electron chi connectivity index (χ3n) is 10.1. The number of nitrogens with zero attached hydrogens (tertiary/aromatic N) is 3. The van der Waals surface area contributed by atoms with Gasteiger partial charge in [0, 0.05) is 22.1 Å². The van der Waals surface area contributed by atoms with Gasteiger partial charge in [0.15, 0.2) is 17.5 Å². The molecule has 0 unspecified atom stereocenters. The molecule has 0 fully saturated rings. The number of benzene rings is 7. The molecule has 3 heteroatoms. The Morgan fingerprint density at radius 1 is 0.294 bits per heavy atom. The van der Waals surface area contributed by atoms with Gasteiger partial charge in [0.25, 0.3) is 0 Å². The monoisotopic (exact) mass is 653 g/mol. The molecule has 0 bridgehead atoms. The van der Waals surface area contributed by atoms with Crippen molar-refractivity contribution in [2.45, 2.75) is 19.3 Å². The summed E-state index contributed by atoms with van der Waals surface area (Å²) in [5.74, 6) is 1.92. The summed E-state index contributed by atoms with van der Waals surface area (Å²) in [5, 5.41) is 0. The zero-order chi connectivity index (χ0) is 34.4. The first kappa shape index (κ1) is 30.6. The predicted molar refractivity (Wildman–Crippen MR) is 210 cm³/mol. The van der Waals surface area contributed by atoms with Gasteiger partial charge in [-0.15, -0.1) is 0 Å². The van der Waals surface area contributed by atoms with E-state index < -0.39 is 0 Å². The first-order valence-corrected chi connectivity index (χ1v) is 17.4. The molecule has 0 amide bonds. The van der Waals surface area contributed by atoms with Crippen LogP contribution in [0, 0.1) is 0 Å². The Morgan fingerprint density at radius 3 is 1.31 bits per heavy atom. The molecule has 7 aromatic carbocycles. The van der Waals surface area contributed by atoms with Crippen molar-refractivity contribution in [3.05, 3.63) is 187 Å². The van der Waals surface area contributed by atoms with E-state index in [1.165, 1.54) is 33.4 Å². The molecule has 0 atom stereocenters. The van der Waals surface area contributed by atoms with E-state index in [-0.39, 0.29) is 5.41 Å². The first-order chi connectivity index (χ1) is 25.0. The highest BCUT2D eigenvalue weighted by atomic mass is 15.0. The van der Waals surface area contributed by atoms with Crippen LogP contribution in [0.1, 0.15) is 25.0 Å². The molecular formula is C48H35N3. The Labute approximate surface area is 299 Å². The highest BCUT2D eigenvalue weighted by molar-refractivity contribution is 5.86. The Bertz CT molecular complexity index is 2520. The second-order valence-corrected chi connectivity index (χ2v) is 13.7. The minimum atomic E-state index is -0.0917. The fourth-order valence-corrected chi connectivity index (χ4v) is 7.40. The second kappa shape index (κ2) is 12.5. The van der Waals surface area contributed by atoms with Crippen LogP contribution in [0.25, 0.3) is 78.7 Å². The van der Waals surface area contributed by atoms with Gasteiger partial charge in [-0.05, 0) is 79.9 Å². The highest BCUT2D eigenvalue weighted by Gasteiger charge is 2.35. The minimum absolute atomic E-state index is 0.0917. The van der Waals surface area contributed by atoms with Crippen molar-refractivity contribution in [2.24, 2.45) is 0 Å². The summed E-state index contributed by atoms with van der Waals surface area (Å²) in [4.78, 5) is 15.3. The second-order valence-electron chi connectivity index (χ2n) is 13.7. The van der Waals surface area contributed by atoms with Gasteiger partial charge in [0.2, 0.25) is 0 Å². The number of rotatable bonds is 6. The van der Waals surface area contributed by atoms with Gasteiger partial charge in [0.1, 0.15) is 0 Å². The normalized spacial score (nSPS) is 12.7. The molecule has 8 aromatic rings. The molecule has 0 radical (unpaired) electrons. The smallest absolute Gasteiger partial charge is 0.164 e. The number of fused-ring (bicyclic) bond motifs is 3. The van der Waals surface area contributed by atoms with Crippen LogP contribution < -0.4 is 0 Å². The molecule has 3 nitrogen and oxygen atoms in total. The Morgan fingerprint density at radius 2 is 0.686 bits per heavy atom. The van der Waals surface area contributed by atoms with E-state index in [9.17, 15) is 0 Å². The maximum Gasteiger partial charge on any atom is 0.164 e. The van der Waals surface area contributed by atoms with E-state index in [2.05, 4.69) is 166 Å². The lowest BCUT2D eigenvalue weighted by Gasteiger charge is -2.22. The van der Waals surface area contributed by atoms with Crippen LogP contribution in [0.4, 0.5) is 0 Å². The van der Waals surface area contributed by atoms with Crippen molar-refractivity contribution in [2.75, 3.05) is 0 Å². The largest absolute Gasteiger partial charge is 0.208 e. The van der Waals surface area contributed by atoms with E-state index in [1.807, 2.05) is 24.3 Å². The lowest BCUT2D eigenvalue weighted by atomic mass is 9.81. The summed E-state index contributed by atoms with van der Waals surface area (Å²) in [7, 11) is 0. The van der Waals surface area contributed by atoms with Crippen LogP contribution in [-0.4, -0.2) is 15.0 Å². The lowest BCUT2D eigenvalue weighted by molar-refractivity contribution is 0.660. The maximum atomic E-state index is 5.16. The molecule has 1 aromatic heterocycles. The average Bonchev–Trinajstić information content (AvgIpc) is 3.44. The molecule has 9 rings (SSSR count). The highest BCUT2D eigenvalue weighted by Crippen LogP contribution is 2.49. The van der Waals surface area contributed by atoms with Crippen molar-refractivity contribution in [1.82, 2.24) is 15.0 Å². The molecule has 1 aliphatic carbocycles. The van der Waals surface area contributed by atoms with Crippen molar-refractivity contribution >= 4 is 0 Å². The Hall–Kier alpha value is -6.45. The number of hydrogen-bond donors (Lipinski definition) is 0. The van der Waals surface area contributed by atoms with Gasteiger partial charge in [0.05, 0.1) is 0 Å². The summed E-state index contributed by atoms with van der Waals surface area (Å²) < 4.78 is 0. The van der Waals surface area contributed by atoms with Crippen LogP contribution in [0.3, 0.4) is 0 Å². The predicted octanol–water partition coefficient (Wildman–Crippen LogP) is 12.2. The quantitative estimate of drug-likeness (QED) is 0.179. The molecule has 0 N–H and O–H groups in total. The van der Waals surface area contributed by atoms with E-state index >= 15 is 0 Å². The summed E-state index contributed by atoms with van der Waals surface area (Å²) in [5.41, 5.74) is 15.0. The summed E-state index contributed by atoms with van der Waals surface area (Å²) in [6.45, 7) is 4.66. The van der Waals surface area contributed by atoms with Crippen LogP contribution in [0.15, 0.2) is 176 Å². The summed E-state index contributed by atoms with van der Waals surface area (Å²) in [6.07, 6.45) is 0. The van der Waals surface area contributed by atoms with Gasteiger partial charge >= 0.3 is 0 Å². The SMILES string of the molecule is CC1(C)c2ccccc2-c2ccc(-c3cc(-c4ccccc4)cc(-c4nc(-c5ccccc5)nc(-c5ccc(-c6ccccc6)cc5)n4)c3)cc21. The fourth-order valence-electron chi connectivity index (χ4n) is 7.40. The summed E-state index contributed by atoms with van der Waals surface area (Å²) >= 11 is 0. The molecule has 0 spiro atoms. The molecule has 51 heavy (non-hydrogen) atoms. The Kier molecular flexibility index (Phi) is 7.48. The topological polar surface area (TPSA) is 38.7 Å². The third-order valence-corrected chi connectivity index (χ3v) is 10.1. The van der Waals surface area contributed by atoms with Crippen molar-refractivity contribution < 1.29 is 0 Å². The first-order valence-electron chi connectivity index (χ1n) is 17.4. The van der Waals surface area contributed by atoms with Crippen LogP contribution in [-0.2, 0) is 5.41 Å². The van der Waals surface area contributed by atoms with Crippen LogP contribution >= 0.6 is 0 Å². The number of hydrogen-bond acceptors (Lipinski definition) is 3. The third kappa shape index (κ3) is 5.63. The maximum absolute atomic E-state index is 5.16. The van der Waals surface area contributed by atoms with E-state index in [0.717, 1.165) is 38.9 Å². The van der Waals surface area contributed by atoms with Crippen molar-refractivity contribution in [1.29, 1.82) is 0 Å². The van der Waals surface area contributed by atoms with Crippen molar-refractivity contribution in [3.63, 3.8) is 0 Å². The molecule has 0 saturated heterocycles. The van der Waals surface area contributed by atoms with Gasteiger partial charge < -0.3 is 0 Å². The standard InChI is InChI=1S/C48H35N3/c1-48(2)43-21-13-12-20-41(43)42-27-26-37(31-44(42)48)39-28-38(33-16-8-4-9-17-33)29-40(30-39)47-50-45(35-18-10-5-11-19-35)49-46(51-47)36-24-22-34(23-25-36)32-14-6-3-7-15-32/h3-31H,1-2H3.